The minimum atomic E-state index is -0.980. The number of carboxylic acids is 1. The maximum atomic E-state index is 10.5. The molecule has 0 saturated carbocycles. The molecule has 0 radical (unpaired) electrons. The Kier molecular flexibility index (Phi) is 3.68. The Hall–Kier alpha value is -1.55. The standard InChI is InChI=1S/C11H15NO3/c1-7(12)9-3-5-10(6-4-9)15-8(2)11(13)14/h3-8H,12H2,1-2H3,(H,13,14). The topological polar surface area (TPSA) is 72.5 Å². The molecular weight excluding hydrogens is 194 g/mol. The molecule has 0 spiro atoms. The number of hydrogen-bond acceptors (Lipinski definition) is 3. The third-order valence-electron chi connectivity index (χ3n) is 2.07. The zero-order valence-electron chi connectivity index (χ0n) is 8.81. The molecule has 4 heteroatoms. The minimum Gasteiger partial charge on any atom is -0.479 e. The smallest absolute Gasteiger partial charge is 0.344 e. The average molecular weight is 209 g/mol. The van der Waals surface area contributed by atoms with Crippen molar-refractivity contribution in [3.8, 4) is 5.75 Å². The summed E-state index contributed by atoms with van der Waals surface area (Å²) in [5.41, 5.74) is 6.67. The Morgan fingerprint density at radius 3 is 2.27 bits per heavy atom. The van der Waals surface area contributed by atoms with Crippen LogP contribution in [0.15, 0.2) is 24.3 Å². The predicted molar refractivity (Wildman–Crippen MR) is 56.8 cm³/mol. The minimum absolute atomic E-state index is 0.0315. The summed E-state index contributed by atoms with van der Waals surface area (Å²) in [6.45, 7) is 3.37. The third kappa shape index (κ3) is 3.25. The average Bonchev–Trinajstić information content (AvgIpc) is 2.18. The summed E-state index contributed by atoms with van der Waals surface area (Å²) < 4.78 is 5.17. The lowest BCUT2D eigenvalue weighted by atomic mass is 10.1. The Bertz CT molecular complexity index is 332. The number of hydrogen-bond donors (Lipinski definition) is 2. The molecule has 82 valence electrons. The molecule has 0 heterocycles. The first kappa shape index (κ1) is 11.5. The van der Waals surface area contributed by atoms with Crippen molar-refractivity contribution in [1.82, 2.24) is 0 Å². The van der Waals surface area contributed by atoms with E-state index in [1.165, 1.54) is 6.92 Å². The van der Waals surface area contributed by atoms with Crippen LogP contribution in [0.3, 0.4) is 0 Å². The predicted octanol–water partition coefficient (Wildman–Crippen LogP) is 1.56. The highest BCUT2D eigenvalue weighted by Crippen LogP contribution is 2.17. The zero-order chi connectivity index (χ0) is 11.4. The zero-order valence-corrected chi connectivity index (χ0v) is 8.81. The molecule has 0 aliphatic rings. The van der Waals surface area contributed by atoms with Gasteiger partial charge in [-0.05, 0) is 31.5 Å². The molecule has 0 aliphatic heterocycles. The van der Waals surface area contributed by atoms with E-state index in [1.54, 1.807) is 12.1 Å². The summed E-state index contributed by atoms with van der Waals surface area (Å²) in [5, 5.41) is 8.64. The molecule has 3 N–H and O–H groups in total. The van der Waals surface area contributed by atoms with Gasteiger partial charge in [0.05, 0.1) is 0 Å². The van der Waals surface area contributed by atoms with E-state index in [9.17, 15) is 4.79 Å². The van der Waals surface area contributed by atoms with Gasteiger partial charge in [-0.15, -0.1) is 0 Å². The molecule has 0 bridgehead atoms. The molecule has 0 fully saturated rings. The van der Waals surface area contributed by atoms with Gasteiger partial charge in [-0.3, -0.25) is 0 Å². The lowest BCUT2D eigenvalue weighted by Crippen LogP contribution is -2.22. The van der Waals surface area contributed by atoms with Crippen LogP contribution in [0.4, 0.5) is 0 Å². The molecule has 2 atom stereocenters. The summed E-state index contributed by atoms with van der Waals surface area (Å²) >= 11 is 0. The fourth-order valence-electron chi connectivity index (χ4n) is 1.10. The summed E-state index contributed by atoms with van der Waals surface area (Å²) in [7, 11) is 0. The highest BCUT2D eigenvalue weighted by molar-refractivity contribution is 5.72. The molecule has 15 heavy (non-hydrogen) atoms. The van der Waals surface area contributed by atoms with E-state index in [1.807, 2.05) is 19.1 Å². The summed E-state index contributed by atoms with van der Waals surface area (Å²) in [5.74, 6) is -0.444. The Balaban J connectivity index is 2.68. The number of nitrogens with two attached hydrogens (primary N) is 1. The van der Waals surface area contributed by atoms with Gasteiger partial charge in [0.25, 0.3) is 0 Å². The van der Waals surface area contributed by atoms with Crippen LogP contribution >= 0.6 is 0 Å². The molecule has 1 aromatic rings. The number of benzene rings is 1. The first-order chi connectivity index (χ1) is 7.00. The van der Waals surface area contributed by atoms with Gasteiger partial charge in [0.2, 0.25) is 0 Å². The van der Waals surface area contributed by atoms with Gasteiger partial charge in [-0.1, -0.05) is 12.1 Å². The largest absolute Gasteiger partial charge is 0.479 e. The SMILES string of the molecule is CC(Oc1ccc(C(C)N)cc1)C(=O)O. The van der Waals surface area contributed by atoms with Crippen LogP contribution < -0.4 is 10.5 Å². The number of carbonyl (C=O) groups is 1. The normalized spacial score (nSPS) is 14.3. The molecule has 0 aliphatic carbocycles. The van der Waals surface area contributed by atoms with Gasteiger partial charge >= 0.3 is 5.97 Å². The van der Waals surface area contributed by atoms with E-state index < -0.39 is 12.1 Å². The first-order valence-corrected chi connectivity index (χ1v) is 4.75. The van der Waals surface area contributed by atoms with Gasteiger partial charge in [0.15, 0.2) is 6.10 Å². The van der Waals surface area contributed by atoms with E-state index in [0.717, 1.165) is 5.56 Å². The molecule has 2 unspecified atom stereocenters. The van der Waals surface area contributed by atoms with Crippen molar-refractivity contribution in [1.29, 1.82) is 0 Å². The van der Waals surface area contributed by atoms with Crippen molar-refractivity contribution in [2.45, 2.75) is 26.0 Å². The van der Waals surface area contributed by atoms with Crippen LogP contribution in [0.25, 0.3) is 0 Å². The Morgan fingerprint density at radius 2 is 1.87 bits per heavy atom. The summed E-state index contributed by atoms with van der Waals surface area (Å²) in [6.07, 6.45) is -0.842. The fraction of sp³-hybridized carbons (Fsp3) is 0.364. The lowest BCUT2D eigenvalue weighted by Gasteiger charge is -2.11. The van der Waals surface area contributed by atoms with Crippen LogP contribution in [-0.4, -0.2) is 17.2 Å². The first-order valence-electron chi connectivity index (χ1n) is 4.75. The molecule has 1 aromatic carbocycles. The summed E-state index contributed by atoms with van der Waals surface area (Å²) in [4.78, 5) is 10.5. The van der Waals surface area contributed by atoms with Crippen molar-refractivity contribution >= 4 is 5.97 Å². The van der Waals surface area contributed by atoms with Crippen molar-refractivity contribution in [2.24, 2.45) is 5.73 Å². The molecule has 0 saturated heterocycles. The van der Waals surface area contributed by atoms with Crippen molar-refractivity contribution in [3.63, 3.8) is 0 Å². The van der Waals surface area contributed by atoms with E-state index in [-0.39, 0.29) is 6.04 Å². The van der Waals surface area contributed by atoms with Gasteiger partial charge < -0.3 is 15.6 Å². The van der Waals surface area contributed by atoms with E-state index in [2.05, 4.69) is 0 Å². The van der Waals surface area contributed by atoms with Gasteiger partial charge in [0, 0.05) is 6.04 Å². The van der Waals surface area contributed by atoms with E-state index >= 15 is 0 Å². The van der Waals surface area contributed by atoms with Crippen LogP contribution in [0, 0.1) is 0 Å². The van der Waals surface area contributed by atoms with Crippen molar-refractivity contribution in [2.75, 3.05) is 0 Å². The molecule has 1 rings (SSSR count). The number of aliphatic carboxylic acids is 1. The van der Waals surface area contributed by atoms with E-state index in [4.69, 9.17) is 15.6 Å². The molecule has 0 aromatic heterocycles. The monoisotopic (exact) mass is 209 g/mol. The second-order valence-corrected chi connectivity index (χ2v) is 3.46. The molecular formula is C11H15NO3. The third-order valence-corrected chi connectivity index (χ3v) is 2.07. The van der Waals surface area contributed by atoms with Crippen molar-refractivity contribution in [3.05, 3.63) is 29.8 Å². The Labute approximate surface area is 88.7 Å². The van der Waals surface area contributed by atoms with Crippen LogP contribution in [0.1, 0.15) is 25.5 Å². The van der Waals surface area contributed by atoms with Crippen LogP contribution in [0.2, 0.25) is 0 Å². The van der Waals surface area contributed by atoms with E-state index in [0.29, 0.717) is 5.75 Å². The maximum absolute atomic E-state index is 10.5. The van der Waals surface area contributed by atoms with Crippen LogP contribution in [0.5, 0.6) is 5.75 Å². The maximum Gasteiger partial charge on any atom is 0.344 e. The molecule has 4 nitrogen and oxygen atoms in total. The molecule has 0 amide bonds. The fourth-order valence-corrected chi connectivity index (χ4v) is 1.10. The second-order valence-electron chi connectivity index (χ2n) is 3.46. The lowest BCUT2D eigenvalue weighted by molar-refractivity contribution is -0.144. The highest BCUT2D eigenvalue weighted by atomic mass is 16.5. The van der Waals surface area contributed by atoms with Crippen molar-refractivity contribution < 1.29 is 14.6 Å². The second kappa shape index (κ2) is 4.79. The van der Waals surface area contributed by atoms with Crippen LogP contribution in [-0.2, 0) is 4.79 Å². The van der Waals surface area contributed by atoms with Gasteiger partial charge in [0.1, 0.15) is 5.75 Å². The number of carboxylic acid groups (broad SMARTS) is 1. The van der Waals surface area contributed by atoms with Gasteiger partial charge in [-0.2, -0.15) is 0 Å². The quantitative estimate of drug-likeness (QED) is 0.789. The number of ether oxygens (including phenoxy) is 1. The Morgan fingerprint density at radius 1 is 1.33 bits per heavy atom. The van der Waals surface area contributed by atoms with Gasteiger partial charge in [-0.25, -0.2) is 4.79 Å². The number of rotatable bonds is 4. The highest BCUT2D eigenvalue weighted by Gasteiger charge is 2.12. The summed E-state index contributed by atoms with van der Waals surface area (Å²) in [6, 6.07) is 7.07.